The van der Waals surface area contributed by atoms with E-state index in [2.05, 4.69) is 15.2 Å². The van der Waals surface area contributed by atoms with Gasteiger partial charge in [-0.25, -0.2) is 4.79 Å². The summed E-state index contributed by atoms with van der Waals surface area (Å²) < 4.78 is 16.2. The smallest absolute Gasteiger partial charge is 0.322 e. The summed E-state index contributed by atoms with van der Waals surface area (Å²) in [6.45, 7) is 1.62. The van der Waals surface area contributed by atoms with E-state index in [9.17, 15) is 9.59 Å². The SMILES string of the molecule is COc1ccccc1NC(=O)N(CCCN(C)C)Cc1cc2cc3c(cc2[nH]c1=O)OCO3. The van der Waals surface area contributed by atoms with Crippen LogP contribution in [0.3, 0.4) is 0 Å². The van der Waals surface area contributed by atoms with Crippen molar-refractivity contribution in [2.45, 2.75) is 13.0 Å². The Hall–Kier alpha value is -3.72. The second-order valence-corrected chi connectivity index (χ2v) is 8.13. The van der Waals surface area contributed by atoms with Gasteiger partial charge in [-0.1, -0.05) is 12.1 Å². The number of pyridine rings is 1. The Kier molecular flexibility index (Phi) is 6.69. The Labute approximate surface area is 191 Å². The largest absolute Gasteiger partial charge is 0.495 e. The molecular formula is C24H28N4O5. The van der Waals surface area contributed by atoms with Crippen LogP contribution < -0.4 is 25.1 Å². The highest BCUT2D eigenvalue weighted by atomic mass is 16.7. The summed E-state index contributed by atoms with van der Waals surface area (Å²) in [7, 11) is 5.52. The molecule has 2 heterocycles. The number of H-pyrrole nitrogens is 1. The van der Waals surface area contributed by atoms with Crippen LogP contribution in [0.1, 0.15) is 12.0 Å². The van der Waals surface area contributed by atoms with Gasteiger partial charge < -0.3 is 34.3 Å². The molecule has 1 aromatic heterocycles. The van der Waals surface area contributed by atoms with Crippen LogP contribution in [0.5, 0.6) is 17.2 Å². The van der Waals surface area contributed by atoms with E-state index in [-0.39, 0.29) is 24.9 Å². The van der Waals surface area contributed by atoms with Gasteiger partial charge >= 0.3 is 6.03 Å². The quantitative estimate of drug-likeness (QED) is 0.545. The molecule has 174 valence electrons. The second-order valence-electron chi connectivity index (χ2n) is 8.13. The Balaban J connectivity index is 1.59. The van der Waals surface area contributed by atoms with Crippen molar-refractivity contribution in [3.8, 4) is 17.2 Å². The molecule has 0 bridgehead atoms. The van der Waals surface area contributed by atoms with Crippen LogP contribution >= 0.6 is 0 Å². The maximum absolute atomic E-state index is 13.2. The number of benzene rings is 2. The molecule has 0 radical (unpaired) electrons. The van der Waals surface area contributed by atoms with Gasteiger partial charge in [0.05, 0.1) is 24.9 Å². The van der Waals surface area contributed by atoms with Gasteiger partial charge in [0.15, 0.2) is 11.5 Å². The summed E-state index contributed by atoms with van der Waals surface area (Å²) in [6, 6.07) is 12.3. The Morgan fingerprint density at radius 2 is 1.88 bits per heavy atom. The number of anilines is 1. The molecule has 0 aliphatic carbocycles. The van der Waals surface area contributed by atoms with Crippen molar-refractivity contribution in [2.75, 3.05) is 46.4 Å². The molecule has 33 heavy (non-hydrogen) atoms. The highest BCUT2D eigenvalue weighted by Crippen LogP contribution is 2.35. The number of hydrogen-bond donors (Lipinski definition) is 2. The van der Waals surface area contributed by atoms with Crippen LogP contribution in [0, 0.1) is 0 Å². The maximum Gasteiger partial charge on any atom is 0.322 e. The third-order valence-corrected chi connectivity index (χ3v) is 5.44. The first-order valence-corrected chi connectivity index (χ1v) is 10.7. The van der Waals surface area contributed by atoms with E-state index in [1.165, 1.54) is 0 Å². The first-order valence-electron chi connectivity index (χ1n) is 10.7. The molecule has 2 aromatic carbocycles. The minimum absolute atomic E-state index is 0.158. The average Bonchev–Trinajstić information content (AvgIpc) is 3.24. The number of carbonyl (C=O) groups is 1. The monoisotopic (exact) mass is 452 g/mol. The van der Waals surface area contributed by atoms with Crippen molar-refractivity contribution in [3.63, 3.8) is 0 Å². The summed E-state index contributed by atoms with van der Waals surface area (Å²) in [5, 5.41) is 3.72. The van der Waals surface area contributed by atoms with E-state index >= 15 is 0 Å². The van der Waals surface area contributed by atoms with Gasteiger partial charge in [-0.3, -0.25) is 4.79 Å². The van der Waals surface area contributed by atoms with Crippen LogP contribution in [0.4, 0.5) is 10.5 Å². The third-order valence-electron chi connectivity index (χ3n) is 5.44. The number of urea groups is 1. The number of para-hydroxylation sites is 2. The Bertz CT molecular complexity index is 1210. The predicted octanol–water partition coefficient (Wildman–Crippen LogP) is 3.25. The number of aromatic nitrogens is 1. The van der Waals surface area contributed by atoms with E-state index in [0.29, 0.717) is 40.6 Å². The highest BCUT2D eigenvalue weighted by Gasteiger charge is 2.19. The lowest BCUT2D eigenvalue weighted by Gasteiger charge is -2.24. The van der Waals surface area contributed by atoms with Crippen LogP contribution in [-0.4, -0.2) is 61.9 Å². The van der Waals surface area contributed by atoms with E-state index in [1.807, 2.05) is 32.3 Å². The van der Waals surface area contributed by atoms with Crippen LogP contribution in [0.15, 0.2) is 47.3 Å². The normalized spacial score (nSPS) is 12.2. The lowest BCUT2D eigenvalue weighted by molar-refractivity contribution is 0.174. The number of carbonyl (C=O) groups excluding carboxylic acids is 1. The molecule has 1 aliphatic heterocycles. The Morgan fingerprint density at radius 3 is 2.64 bits per heavy atom. The van der Waals surface area contributed by atoms with Crippen molar-refractivity contribution >= 4 is 22.6 Å². The minimum atomic E-state index is -0.302. The molecule has 9 heteroatoms. The molecule has 2 amide bonds. The summed E-state index contributed by atoms with van der Waals surface area (Å²) in [4.78, 5) is 32.6. The molecule has 4 rings (SSSR count). The van der Waals surface area contributed by atoms with E-state index in [4.69, 9.17) is 14.2 Å². The molecule has 0 spiro atoms. The van der Waals surface area contributed by atoms with Crippen LogP contribution in [0.25, 0.3) is 10.9 Å². The van der Waals surface area contributed by atoms with Gasteiger partial charge in [-0.15, -0.1) is 0 Å². The van der Waals surface area contributed by atoms with Crippen molar-refractivity contribution in [1.29, 1.82) is 0 Å². The summed E-state index contributed by atoms with van der Waals surface area (Å²) in [5.41, 5.74) is 1.47. The number of ether oxygens (including phenoxy) is 3. The second kappa shape index (κ2) is 9.83. The fourth-order valence-electron chi connectivity index (χ4n) is 3.74. The van der Waals surface area contributed by atoms with E-state index < -0.39 is 0 Å². The lowest BCUT2D eigenvalue weighted by Crippen LogP contribution is -2.37. The molecule has 0 atom stereocenters. The number of methoxy groups -OCH3 is 1. The summed E-state index contributed by atoms with van der Waals surface area (Å²) in [5.74, 6) is 1.81. The lowest BCUT2D eigenvalue weighted by atomic mass is 10.1. The summed E-state index contributed by atoms with van der Waals surface area (Å²) in [6.07, 6.45) is 0.760. The number of aromatic amines is 1. The number of hydrogen-bond acceptors (Lipinski definition) is 6. The molecule has 9 nitrogen and oxygen atoms in total. The molecule has 3 aromatic rings. The number of fused-ring (bicyclic) bond motifs is 2. The first kappa shape index (κ1) is 22.5. The zero-order chi connectivity index (χ0) is 23.4. The van der Waals surface area contributed by atoms with E-state index in [1.54, 1.807) is 36.3 Å². The van der Waals surface area contributed by atoms with Gasteiger partial charge in [0.1, 0.15) is 5.75 Å². The van der Waals surface area contributed by atoms with Gasteiger partial charge in [-0.2, -0.15) is 0 Å². The van der Waals surface area contributed by atoms with Gasteiger partial charge in [0.2, 0.25) is 6.79 Å². The first-order chi connectivity index (χ1) is 15.9. The molecule has 0 saturated heterocycles. The number of nitrogens with one attached hydrogen (secondary N) is 2. The standard InChI is InChI=1S/C24H28N4O5/c1-27(2)9-6-10-28(24(30)26-18-7-4-5-8-20(18)31-3)14-17-11-16-12-21-22(33-15-32-21)13-19(16)25-23(17)29/h4-5,7-8,11-13H,6,9-10,14-15H2,1-3H3,(H,25,29)(H,26,30). The van der Waals surface area contributed by atoms with Crippen molar-refractivity contribution < 1.29 is 19.0 Å². The molecule has 1 aliphatic rings. The maximum atomic E-state index is 13.2. The zero-order valence-electron chi connectivity index (χ0n) is 19.0. The topological polar surface area (TPSA) is 96.1 Å². The molecule has 0 unspecified atom stereocenters. The number of amides is 2. The van der Waals surface area contributed by atoms with E-state index in [0.717, 1.165) is 18.4 Å². The fourth-order valence-corrected chi connectivity index (χ4v) is 3.74. The van der Waals surface area contributed by atoms with Crippen molar-refractivity contribution in [2.24, 2.45) is 0 Å². The van der Waals surface area contributed by atoms with Crippen LogP contribution in [-0.2, 0) is 6.54 Å². The van der Waals surface area contributed by atoms with Gasteiger partial charge in [0, 0.05) is 23.6 Å². The molecule has 2 N–H and O–H groups in total. The molecular weight excluding hydrogens is 424 g/mol. The Morgan fingerprint density at radius 1 is 1.12 bits per heavy atom. The number of rotatable bonds is 8. The highest BCUT2D eigenvalue weighted by molar-refractivity contribution is 5.91. The minimum Gasteiger partial charge on any atom is -0.495 e. The van der Waals surface area contributed by atoms with Crippen molar-refractivity contribution in [1.82, 2.24) is 14.8 Å². The van der Waals surface area contributed by atoms with Gasteiger partial charge in [0.25, 0.3) is 5.56 Å². The zero-order valence-corrected chi connectivity index (χ0v) is 19.0. The number of nitrogens with zero attached hydrogens (tertiary/aromatic N) is 2. The van der Waals surface area contributed by atoms with Gasteiger partial charge in [-0.05, 0) is 51.3 Å². The predicted molar refractivity (Wildman–Crippen MR) is 126 cm³/mol. The average molecular weight is 453 g/mol. The molecule has 0 saturated carbocycles. The third kappa shape index (κ3) is 5.20. The summed E-state index contributed by atoms with van der Waals surface area (Å²) >= 11 is 0. The van der Waals surface area contributed by atoms with Crippen LogP contribution in [0.2, 0.25) is 0 Å². The molecule has 0 fully saturated rings. The van der Waals surface area contributed by atoms with Crippen molar-refractivity contribution in [3.05, 3.63) is 58.4 Å². The fraction of sp³-hybridized carbons (Fsp3) is 0.333.